The molecule has 3 rings (SSSR count). The highest BCUT2D eigenvalue weighted by molar-refractivity contribution is 5.53. The summed E-state index contributed by atoms with van der Waals surface area (Å²) in [6.45, 7) is 0. The Bertz CT molecular complexity index is 943. The van der Waals surface area contributed by atoms with E-state index >= 15 is 0 Å². The lowest BCUT2D eigenvalue weighted by atomic mass is 9.95. The molecular formula is C18H12F4N4. The molecule has 1 heterocycles. The molecule has 0 bridgehead atoms. The highest BCUT2D eigenvalue weighted by Crippen LogP contribution is 2.37. The number of hydrogen-bond acceptors (Lipinski definition) is 3. The van der Waals surface area contributed by atoms with Crippen LogP contribution in [0.4, 0.5) is 23.2 Å². The van der Waals surface area contributed by atoms with E-state index in [0.717, 1.165) is 12.1 Å². The van der Waals surface area contributed by atoms with E-state index in [0.29, 0.717) is 5.56 Å². The van der Waals surface area contributed by atoms with Gasteiger partial charge in [-0.1, -0.05) is 18.2 Å². The fraction of sp³-hybridized carbons (Fsp3) is 0.111. The van der Waals surface area contributed by atoms with Crippen LogP contribution in [0.5, 0.6) is 0 Å². The molecule has 0 aliphatic rings. The molecule has 2 N–H and O–H groups in total. The van der Waals surface area contributed by atoms with Crippen LogP contribution in [0.3, 0.4) is 0 Å². The van der Waals surface area contributed by atoms with Gasteiger partial charge >= 0.3 is 6.18 Å². The van der Waals surface area contributed by atoms with Crippen LogP contribution in [0.15, 0.2) is 54.9 Å². The second kappa shape index (κ2) is 6.88. The molecule has 0 amide bonds. The summed E-state index contributed by atoms with van der Waals surface area (Å²) in [6.07, 6.45) is -1.69. The van der Waals surface area contributed by atoms with Gasteiger partial charge in [-0.05, 0) is 29.8 Å². The summed E-state index contributed by atoms with van der Waals surface area (Å²) in [5.41, 5.74) is -0.277. The van der Waals surface area contributed by atoms with E-state index in [1.165, 1.54) is 42.7 Å². The van der Waals surface area contributed by atoms with E-state index in [1.807, 2.05) is 0 Å². The van der Waals surface area contributed by atoms with Crippen LogP contribution in [0.1, 0.15) is 28.3 Å². The Morgan fingerprint density at radius 3 is 2.54 bits per heavy atom. The van der Waals surface area contributed by atoms with E-state index in [1.54, 1.807) is 6.07 Å². The summed E-state index contributed by atoms with van der Waals surface area (Å²) in [6, 6.07) is 9.70. The molecule has 2 aromatic carbocycles. The summed E-state index contributed by atoms with van der Waals surface area (Å²) in [4.78, 5) is 0. The maximum atomic E-state index is 13.9. The van der Waals surface area contributed by atoms with E-state index in [9.17, 15) is 17.6 Å². The van der Waals surface area contributed by atoms with Gasteiger partial charge in [-0.15, -0.1) is 0 Å². The average Bonchev–Trinajstić information content (AvgIpc) is 3.13. The molecule has 132 valence electrons. The van der Waals surface area contributed by atoms with Gasteiger partial charge in [0, 0.05) is 17.4 Å². The van der Waals surface area contributed by atoms with Crippen molar-refractivity contribution in [1.29, 1.82) is 5.26 Å². The molecule has 1 unspecified atom stereocenters. The number of nitrogens with zero attached hydrogens (tertiary/aromatic N) is 2. The van der Waals surface area contributed by atoms with E-state index in [4.69, 9.17) is 5.26 Å². The van der Waals surface area contributed by atoms with Gasteiger partial charge < -0.3 is 5.32 Å². The fourth-order valence-electron chi connectivity index (χ4n) is 2.63. The summed E-state index contributed by atoms with van der Waals surface area (Å²) in [5, 5.41) is 18.0. The van der Waals surface area contributed by atoms with Crippen LogP contribution >= 0.6 is 0 Å². The number of nitrogens with one attached hydrogen (secondary N) is 2. The van der Waals surface area contributed by atoms with Gasteiger partial charge in [-0.3, -0.25) is 5.10 Å². The standard InChI is InChI=1S/C18H12F4N4/c19-16-7-13(6-5-11(16)8-23)26-17(12-9-24-25-10-12)14-3-1-2-4-15(14)18(20,21)22/h1-7,9-10,17,26H,(H,24,25). The number of aromatic nitrogens is 2. The minimum absolute atomic E-state index is 0.0221. The summed E-state index contributed by atoms with van der Waals surface area (Å²) in [5.74, 6) is -0.757. The fourth-order valence-corrected chi connectivity index (χ4v) is 2.63. The summed E-state index contributed by atoms with van der Waals surface area (Å²) < 4.78 is 54.1. The Hall–Kier alpha value is -3.34. The first-order valence-corrected chi connectivity index (χ1v) is 7.51. The number of benzene rings is 2. The molecule has 26 heavy (non-hydrogen) atoms. The van der Waals surface area contributed by atoms with Crippen LogP contribution in [-0.4, -0.2) is 10.2 Å². The van der Waals surface area contributed by atoms with Crippen molar-refractivity contribution in [2.45, 2.75) is 12.2 Å². The molecule has 0 spiro atoms. The van der Waals surface area contributed by atoms with Crippen LogP contribution in [0.2, 0.25) is 0 Å². The summed E-state index contributed by atoms with van der Waals surface area (Å²) >= 11 is 0. The molecule has 4 nitrogen and oxygen atoms in total. The SMILES string of the molecule is N#Cc1ccc(NC(c2cn[nH]c2)c2ccccc2C(F)(F)F)cc1F. The van der Waals surface area contributed by atoms with Crippen molar-refractivity contribution < 1.29 is 17.6 Å². The number of anilines is 1. The highest BCUT2D eigenvalue weighted by Gasteiger charge is 2.35. The van der Waals surface area contributed by atoms with Crippen molar-refractivity contribution >= 4 is 5.69 Å². The Morgan fingerprint density at radius 1 is 1.15 bits per heavy atom. The number of alkyl halides is 3. The van der Waals surface area contributed by atoms with Crippen molar-refractivity contribution in [2.75, 3.05) is 5.32 Å². The Morgan fingerprint density at radius 2 is 1.92 bits per heavy atom. The normalized spacial score (nSPS) is 12.4. The Labute approximate surface area is 146 Å². The van der Waals surface area contributed by atoms with Gasteiger partial charge in [0.1, 0.15) is 11.9 Å². The van der Waals surface area contributed by atoms with Crippen LogP contribution < -0.4 is 5.32 Å². The first-order valence-electron chi connectivity index (χ1n) is 7.51. The Kier molecular flexibility index (Phi) is 4.63. The third-order valence-corrected chi connectivity index (χ3v) is 3.83. The van der Waals surface area contributed by atoms with Crippen molar-refractivity contribution in [3.05, 3.63) is 82.9 Å². The zero-order chi connectivity index (χ0) is 18.7. The zero-order valence-corrected chi connectivity index (χ0v) is 13.2. The van der Waals surface area contributed by atoms with Gasteiger partial charge in [0.15, 0.2) is 0 Å². The molecule has 0 aliphatic heterocycles. The van der Waals surface area contributed by atoms with Crippen molar-refractivity contribution in [1.82, 2.24) is 10.2 Å². The average molecular weight is 360 g/mol. The maximum Gasteiger partial charge on any atom is 0.416 e. The van der Waals surface area contributed by atoms with Crippen LogP contribution in [0.25, 0.3) is 0 Å². The molecule has 0 radical (unpaired) electrons. The van der Waals surface area contributed by atoms with Crippen molar-refractivity contribution in [3.63, 3.8) is 0 Å². The number of halogens is 4. The minimum atomic E-state index is -4.55. The monoisotopic (exact) mass is 360 g/mol. The molecule has 1 aromatic heterocycles. The number of aromatic amines is 1. The maximum absolute atomic E-state index is 13.9. The lowest BCUT2D eigenvalue weighted by molar-refractivity contribution is -0.138. The third-order valence-electron chi connectivity index (χ3n) is 3.83. The third kappa shape index (κ3) is 3.52. The topological polar surface area (TPSA) is 64.5 Å². The lowest BCUT2D eigenvalue weighted by Gasteiger charge is -2.23. The van der Waals surface area contributed by atoms with E-state index in [-0.39, 0.29) is 16.8 Å². The zero-order valence-electron chi connectivity index (χ0n) is 13.2. The first-order chi connectivity index (χ1) is 12.4. The smallest absolute Gasteiger partial charge is 0.374 e. The van der Waals surface area contributed by atoms with E-state index in [2.05, 4.69) is 15.5 Å². The van der Waals surface area contributed by atoms with E-state index < -0.39 is 23.6 Å². The number of rotatable bonds is 4. The lowest BCUT2D eigenvalue weighted by Crippen LogP contribution is -2.18. The summed E-state index contributed by atoms with van der Waals surface area (Å²) in [7, 11) is 0. The largest absolute Gasteiger partial charge is 0.416 e. The molecule has 0 aliphatic carbocycles. The second-order valence-electron chi connectivity index (χ2n) is 5.50. The Balaban J connectivity index is 2.06. The second-order valence-corrected chi connectivity index (χ2v) is 5.50. The van der Waals surface area contributed by atoms with Gasteiger partial charge in [0.25, 0.3) is 0 Å². The predicted octanol–water partition coefficient (Wildman–Crippen LogP) is 4.64. The molecule has 0 saturated heterocycles. The van der Waals surface area contributed by atoms with Crippen LogP contribution in [0, 0.1) is 17.1 Å². The molecule has 0 saturated carbocycles. The molecule has 3 aromatic rings. The number of hydrogen-bond donors (Lipinski definition) is 2. The van der Waals surface area contributed by atoms with Gasteiger partial charge in [-0.2, -0.15) is 23.5 Å². The van der Waals surface area contributed by atoms with Gasteiger partial charge in [0.05, 0.1) is 23.4 Å². The minimum Gasteiger partial charge on any atom is -0.374 e. The van der Waals surface area contributed by atoms with Crippen molar-refractivity contribution in [3.8, 4) is 6.07 Å². The van der Waals surface area contributed by atoms with Gasteiger partial charge in [-0.25, -0.2) is 4.39 Å². The molecule has 0 fully saturated rings. The molecular weight excluding hydrogens is 348 g/mol. The first kappa shape index (κ1) is 17.5. The van der Waals surface area contributed by atoms with Crippen molar-refractivity contribution in [2.24, 2.45) is 0 Å². The number of H-pyrrole nitrogens is 1. The molecule has 8 heteroatoms. The quantitative estimate of drug-likeness (QED) is 0.666. The predicted molar refractivity (Wildman–Crippen MR) is 86.6 cm³/mol. The van der Waals surface area contributed by atoms with Crippen LogP contribution in [-0.2, 0) is 6.18 Å². The highest BCUT2D eigenvalue weighted by atomic mass is 19.4. The number of nitriles is 1. The molecule has 1 atom stereocenters. The van der Waals surface area contributed by atoms with Gasteiger partial charge in [0.2, 0.25) is 0 Å².